The SMILES string of the molecule is CCCC(C)(CNC)CN(CC)c1ccc(F)cc1. The lowest BCUT2D eigenvalue weighted by Gasteiger charge is -2.36. The second-order valence-electron chi connectivity index (χ2n) is 5.58. The molecule has 0 saturated heterocycles. The van der Waals surface area contributed by atoms with Gasteiger partial charge in [0.2, 0.25) is 0 Å². The van der Waals surface area contributed by atoms with Crippen LogP contribution in [0.25, 0.3) is 0 Å². The molecule has 1 aromatic carbocycles. The molecule has 1 N–H and O–H groups in total. The standard InChI is InChI=1S/C16H27FN2/c1-5-11-16(3,12-18-4)13-19(6-2)15-9-7-14(17)8-10-15/h7-10,18H,5-6,11-13H2,1-4H3. The van der Waals surface area contributed by atoms with E-state index in [4.69, 9.17) is 0 Å². The van der Waals surface area contributed by atoms with Crippen LogP contribution in [-0.4, -0.2) is 26.7 Å². The highest BCUT2D eigenvalue weighted by molar-refractivity contribution is 5.46. The van der Waals surface area contributed by atoms with Crippen LogP contribution in [0.4, 0.5) is 10.1 Å². The van der Waals surface area contributed by atoms with Crippen LogP contribution in [0.15, 0.2) is 24.3 Å². The molecule has 0 amide bonds. The van der Waals surface area contributed by atoms with Gasteiger partial charge in [0.15, 0.2) is 0 Å². The molecule has 0 fully saturated rings. The maximum absolute atomic E-state index is 13.0. The van der Waals surface area contributed by atoms with Crippen LogP contribution >= 0.6 is 0 Å². The molecule has 108 valence electrons. The van der Waals surface area contributed by atoms with Crippen LogP contribution in [0.2, 0.25) is 0 Å². The molecule has 1 rings (SSSR count). The van der Waals surface area contributed by atoms with E-state index in [0.717, 1.165) is 25.3 Å². The molecule has 19 heavy (non-hydrogen) atoms. The molecule has 0 aliphatic heterocycles. The molecule has 3 heteroatoms. The highest BCUT2D eigenvalue weighted by atomic mass is 19.1. The van der Waals surface area contributed by atoms with Gasteiger partial charge in [0.05, 0.1) is 0 Å². The van der Waals surface area contributed by atoms with Crippen molar-refractivity contribution in [1.29, 1.82) is 0 Å². The van der Waals surface area contributed by atoms with E-state index >= 15 is 0 Å². The van der Waals surface area contributed by atoms with Gasteiger partial charge in [-0.3, -0.25) is 0 Å². The Hall–Kier alpha value is -1.09. The van der Waals surface area contributed by atoms with E-state index in [1.807, 2.05) is 19.2 Å². The van der Waals surface area contributed by atoms with Crippen LogP contribution in [0.5, 0.6) is 0 Å². The van der Waals surface area contributed by atoms with E-state index in [-0.39, 0.29) is 11.2 Å². The minimum atomic E-state index is -0.175. The van der Waals surface area contributed by atoms with Crippen molar-refractivity contribution < 1.29 is 4.39 Å². The fourth-order valence-electron chi connectivity index (χ4n) is 2.75. The highest BCUT2D eigenvalue weighted by Crippen LogP contribution is 2.26. The second kappa shape index (κ2) is 7.49. The minimum absolute atomic E-state index is 0.175. The number of hydrogen-bond donors (Lipinski definition) is 1. The van der Waals surface area contributed by atoms with Gasteiger partial charge in [-0.25, -0.2) is 4.39 Å². The Morgan fingerprint density at radius 3 is 2.32 bits per heavy atom. The van der Waals surface area contributed by atoms with Crippen molar-refractivity contribution >= 4 is 5.69 Å². The summed E-state index contributed by atoms with van der Waals surface area (Å²) in [4.78, 5) is 2.33. The summed E-state index contributed by atoms with van der Waals surface area (Å²) in [6.07, 6.45) is 2.37. The van der Waals surface area contributed by atoms with Gasteiger partial charge in [-0.05, 0) is 50.1 Å². The van der Waals surface area contributed by atoms with Crippen molar-refractivity contribution in [2.45, 2.75) is 33.6 Å². The lowest BCUT2D eigenvalue weighted by atomic mass is 9.84. The van der Waals surface area contributed by atoms with E-state index in [2.05, 4.69) is 31.0 Å². The van der Waals surface area contributed by atoms with Crippen molar-refractivity contribution in [3.63, 3.8) is 0 Å². The summed E-state index contributed by atoms with van der Waals surface area (Å²) >= 11 is 0. The first-order valence-electron chi connectivity index (χ1n) is 7.19. The zero-order valence-corrected chi connectivity index (χ0v) is 12.7. The number of benzene rings is 1. The first-order chi connectivity index (χ1) is 9.04. The van der Waals surface area contributed by atoms with Crippen molar-refractivity contribution in [1.82, 2.24) is 5.32 Å². The Kier molecular flexibility index (Phi) is 6.29. The lowest BCUT2D eigenvalue weighted by Crippen LogP contribution is -2.41. The fourth-order valence-corrected chi connectivity index (χ4v) is 2.75. The lowest BCUT2D eigenvalue weighted by molar-refractivity contribution is 0.289. The first-order valence-corrected chi connectivity index (χ1v) is 7.19. The summed E-state index contributed by atoms with van der Waals surface area (Å²) in [7, 11) is 2.00. The fraction of sp³-hybridized carbons (Fsp3) is 0.625. The van der Waals surface area contributed by atoms with E-state index in [1.165, 1.54) is 25.0 Å². The molecule has 1 atom stereocenters. The molecule has 1 aromatic rings. The van der Waals surface area contributed by atoms with Gasteiger partial charge in [-0.2, -0.15) is 0 Å². The molecule has 2 nitrogen and oxygen atoms in total. The van der Waals surface area contributed by atoms with Crippen LogP contribution < -0.4 is 10.2 Å². The third-order valence-electron chi connectivity index (χ3n) is 3.60. The molecule has 0 radical (unpaired) electrons. The van der Waals surface area contributed by atoms with Gasteiger partial charge in [-0.15, -0.1) is 0 Å². The van der Waals surface area contributed by atoms with Gasteiger partial charge in [0.1, 0.15) is 5.82 Å². The third-order valence-corrected chi connectivity index (χ3v) is 3.60. The molecule has 0 saturated carbocycles. The zero-order valence-electron chi connectivity index (χ0n) is 12.7. The Labute approximate surface area is 117 Å². The Morgan fingerprint density at radius 2 is 1.84 bits per heavy atom. The van der Waals surface area contributed by atoms with Gasteiger partial charge in [0, 0.05) is 25.3 Å². The number of nitrogens with zero attached hydrogens (tertiary/aromatic N) is 1. The largest absolute Gasteiger partial charge is 0.371 e. The average molecular weight is 266 g/mol. The number of anilines is 1. The Balaban J connectivity index is 2.81. The van der Waals surface area contributed by atoms with E-state index in [0.29, 0.717) is 0 Å². The van der Waals surface area contributed by atoms with Crippen LogP contribution in [0.3, 0.4) is 0 Å². The molecule has 1 unspecified atom stereocenters. The number of halogens is 1. The minimum Gasteiger partial charge on any atom is -0.371 e. The van der Waals surface area contributed by atoms with Crippen molar-refractivity contribution in [2.75, 3.05) is 31.6 Å². The molecular weight excluding hydrogens is 239 g/mol. The Morgan fingerprint density at radius 1 is 1.21 bits per heavy atom. The molecule has 0 spiro atoms. The van der Waals surface area contributed by atoms with E-state index < -0.39 is 0 Å². The van der Waals surface area contributed by atoms with Crippen molar-refractivity contribution in [2.24, 2.45) is 5.41 Å². The summed E-state index contributed by atoms with van der Waals surface area (Å²) in [6.45, 7) is 9.62. The molecule has 0 bridgehead atoms. The van der Waals surface area contributed by atoms with Crippen LogP contribution in [0.1, 0.15) is 33.6 Å². The monoisotopic (exact) mass is 266 g/mol. The van der Waals surface area contributed by atoms with E-state index in [9.17, 15) is 4.39 Å². The molecule has 0 aliphatic rings. The maximum atomic E-state index is 13.0. The molecule has 0 aliphatic carbocycles. The van der Waals surface area contributed by atoms with Gasteiger partial charge >= 0.3 is 0 Å². The van der Waals surface area contributed by atoms with Crippen LogP contribution in [0, 0.1) is 11.2 Å². The number of nitrogens with one attached hydrogen (secondary N) is 1. The zero-order chi connectivity index (χ0) is 14.3. The van der Waals surface area contributed by atoms with Crippen molar-refractivity contribution in [3.8, 4) is 0 Å². The summed E-state index contributed by atoms with van der Waals surface area (Å²) in [5.41, 5.74) is 1.34. The smallest absolute Gasteiger partial charge is 0.123 e. The predicted molar refractivity (Wildman–Crippen MR) is 81.2 cm³/mol. The summed E-state index contributed by atoms with van der Waals surface area (Å²) in [6, 6.07) is 6.80. The van der Waals surface area contributed by atoms with Gasteiger partial charge < -0.3 is 10.2 Å². The predicted octanol–water partition coefficient (Wildman–Crippen LogP) is 3.68. The first kappa shape index (κ1) is 16.0. The van der Waals surface area contributed by atoms with Crippen LogP contribution in [-0.2, 0) is 0 Å². The summed E-state index contributed by atoms with van der Waals surface area (Å²) in [5.74, 6) is -0.175. The second-order valence-corrected chi connectivity index (χ2v) is 5.58. The summed E-state index contributed by atoms with van der Waals surface area (Å²) < 4.78 is 13.0. The average Bonchev–Trinajstić information content (AvgIpc) is 2.38. The van der Waals surface area contributed by atoms with Gasteiger partial charge in [0.25, 0.3) is 0 Å². The van der Waals surface area contributed by atoms with Crippen molar-refractivity contribution in [3.05, 3.63) is 30.1 Å². The molecule has 0 heterocycles. The highest BCUT2D eigenvalue weighted by Gasteiger charge is 2.25. The normalized spacial score (nSPS) is 14.2. The quantitative estimate of drug-likeness (QED) is 0.772. The topological polar surface area (TPSA) is 15.3 Å². The summed E-state index contributed by atoms with van der Waals surface area (Å²) in [5, 5.41) is 3.30. The van der Waals surface area contributed by atoms with Gasteiger partial charge in [-0.1, -0.05) is 20.3 Å². The number of rotatable bonds is 8. The van der Waals surface area contributed by atoms with E-state index in [1.54, 1.807) is 0 Å². The maximum Gasteiger partial charge on any atom is 0.123 e. The number of hydrogen-bond acceptors (Lipinski definition) is 2. The Bertz CT molecular complexity index is 356. The molecule has 0 aromatic heterocycles. The molecular formula is C16H27FN2. The third kappa shape index (κ3) is 4.83.